The molecule has 0 fully saturated rings. The minimum Gasteiger partial charge on any atom is -0.493 e. The fraction of sp³-hybridized carbons (Fsp3) is 0.286. The van der Waals surface area contributed by atoms with E-state index in [1.165, 1.54) is 13.2 Å². The number of carbonyl (C=O) groups is 1. The van der Waals surface area contributed by atoms with Crippen LogP contribution < -0.4 is 15.2 Å². The minimum atomic E-state index is -0.569. The van der Waals surface area contributed by atoms with Crippen LogP contribution in [0.3, 0.4) is 0 Å². The summed E-state index contributed by atoms with van der Waals surface area (Å²) in [4.78, 5) is 12.1. The van der Waals surface area contributed by atoms with Crippen molar-refractivity contribution in [1.29, 1.82) is 0 Å². The summed E-state index contributed by atoms with van der Waals surface area (Å²) in [5.74, 6) is 0.683. The van der Waals surface area contributed by atoms with E-state index in [9.17, 15) is 4.79 Å². The maximum absolute atomic E-state index is 12.1. The van der Waals surface area contributed by atoms with Crippen molar-refractivity contribution in [2.75, 3.05) is 12.8 Å². The van der Waals surface area contributed by atoms with E-state index in [1.54, 1.807) is 28.9 Å². The first-order valence-electron chi connectivity index (χ1n) is 6.23. The van der Waals surface area contributed by atoms with Gasteiger partial charge in [0.05, 0.1) is 7.11 Å². The first-order valence-corrected chi connectivity index (χ1v) is 6.23. The summed E-state index contributed by atoms with van der Waals surface area (Å²) in [6.45, 7) is 3.86. The van der Waals surface area contributed by atoms with Crippen LogP contribution in [0, 0.1) is 0 Å². The van der Waals surface area contributed by atoms with Crippen LogP contribution in [0.5, 0.6) is 11.5 Å². The van der Waals surface area contributed by atoms with E-state index < -0.39 is 5.97 Å². The molecule has 1 aromatic carbocycles. The molecule has 106 valence electrons. The molecule has 0 saturated carbocycles. The van der Waals surface area contributed by atoms with Gasteiger partial charge in [-0.25, -0.2) is 9.48 Å². The number of nitrogens with zero attached hydrogens (tertiary/aromatic N) is 2. The van der Waals surface area contributed by atoms with Crippen LogP contribution in [0.4, 0.5) is 5.82 Å². The van der Waals surface area contributed by atoms with Crippen LogP contribution in [0.2, 0.25) is 0 Å². The zero-order chi connectivity index (χ0) is 14.7. The molecular formula is C14H17N3O3. The number of hydrogen-bond donors (Lipinski definition) is 1. The predicted molar refractivity (Wildman–Crippen MR) is 75.0 cm³/mol. The predicted octanol–water partition coefficient (Wildman–Crippen LogP) is 2.27. The Bertz CT molecular complexity index is 620. The fourth-order valence-corrected chi connectivity index (χ4v) is 1.78. The standard InChI is InChI=1S/C14H17N3O3/c1-9(2)17-13(15)8-10(16-17)14(18)20-12-7-5-4-6-11(12)19-3/h4-9H,15H2,1-3H3. The molecule has 0 atom stereocenters. The van der Waals surface area contributed by atoms with Crippen LogP contribution in [-0.2, 0) is 0 Å². The molecule has 1 aromatic heterocycles. The molecular weight excluding hydrogens is 258 g/mol. The summed E-state index contributed by atoms with van der Waals surface area (Å²) in [7, 11) is 1.51. The Labute approximate surface area is 117 Å². The smallest absolute Gasteiger partial charge is 0.364 e. The van der Waals surface area contributed by atoms with E-state index in [0.29, 0.717) is 17.3 Å². The third-order valence-corrected chi connectivity index (χ3v) is 2.73. The van der Waals surface area contributed by atoms with Gasteiger partial charge in [-0.05, 0) is 26.0 Å². The molecule has 0 bridgehead atoms. The minimum absolute atomic E-state index is 0.0720. The van der Waals surface area contributed by atoms with Gasteiger partial charge in [-0.1, -0.05) is 12.1 Å². The fourth-order valence-electron chi connectivity index (χ4n) is 1.78. The summed E-state index contributed by atoms with van der Waals surface area (Å²) in [5, 5.41) is 4.14. The summed E-state index contributed by atoms with van der Waals surface area (Å²) < 4.78 is 12.0. The lowest BCUT2D eigenvalue weighted by atomic mass is 10.3. The van der Waals surface area contributed by atoms with Crippen LogP contribution in [0.1, 0.15) is 30.4 Å². The second-order valence-corrected chi connectivity index (χ2v) is 4.53. The van der Waals surface area contributed by atoms with Crippen LogP contribution in [0.25, 0.3) is 0 Å². The molecule has 0 aliphatic carbocycles. The van der Waals surface area contributed by atoms with Gasteiger partial charge in [0.15, 0.2) is 17.2 Å². The van der Waals surface area contributed by atoms with Crippen molar-refractivity contribution in [3.05, 3.63) is 36.0 Å². The van der Waals surface area contributed by atoms with Crippen molar-refractivity contribution in [3.8, 4) is 11.5 Å². The highest BCUT2D eigenvalue weighted by molar-refractivity contribution is 5.90. The molecule has 6 heteroatoms. The van der Waals surface area contributed by atoms with Gasteiger partial charge in [-0.2, -0.15) is 5.10 Å². The maximum atomic E-state index is 12.1. The maximum Gasteiger partial charge on any atom is 0.364 e. The molecule has 0 saturated heterocycles. The van der Waals surface area contributed by atoms with Gasteiger partial charge in [-0.3, -0.25) is 0 Å². The molecule has 2 aromatic rings. The van der Waals surface area contributed by atoms with Crippen molar-refractivity contribution >= 4 is 11.8 Å². The first-order chi connectivity index (χ1) is 9.52. The zero-order valence-electron chi connectivity index (χ0n) is 11.7. The van der Waals surface area contributed by atoms with Gasteiger partial charge in [0, 0.05) is 12.1 Å². The molecule has 0 spiro atoms. The number of methoxy groups -OCH3 is 1. The Kier molecular flexibility index (Phi) is 3.93. The molecule has 6 nitrogen and oxygen atoms in total. The Morgan fingerprint density at radius 1 is 1.30 bits per heavy atom. The summed E-state index contributed by atoms with van der Waals surface area (Å²) in [6, 6.07) is 8.48. The number of aromatic nitrogens is 2. The second kappa shape index (κ2) is 5.64. The van der Waals surface area contributed by atoms with Gasteiger partial charge in [-0.15, -0.1) is 0 Å². The van der Waals surface area contributed by atoms with Gasteiger partial charge in [0.25, 0.3) is 0 Å². The van der Waals surface area contributed by atoms with Crippen molar-refractivity contribution < 1.29 is 14.3 Å². The number of nitrogen functional groups attached to an aromatic ring is 1. The molecule has 0 aliphatic heterocycles. The Morgan fingerprint density at radius 3 is 2.50 bits per heavy atom. The van der Waals surface area contributed by atoms with E-state index in [1.807, 2.05) is 13.8 Å². The van der Waals surface area contributed by atoms with Crippen LogP contribution >= 0.6 is 0 Å². The molecule has 2 rings (SSSR count). The monoisotopic (exact) mass is 275 g/mol. The average molecular weight is 275 g/mol. The summed E-state index contributed by atoms with van der Waals surface area (Å²) >= 11 is 0. The summed E-state index contributed by atoms with van der Waals surface area (Å²) in [6.07, 6.45) is 0. The van der Waals surface area contributed by atoms with Gasteiger partial charge >= 0.3 is 5.97 Å². The number of anilines is 1. The van der Waals surface area contributed by atoms with Crippen molar-refractivity contribution in [1.82, 2.24) is 9.78 Å². The van der Waals surface area contributed by atoms with Gasteiger partial charge in [0.2, 0.25) is 0 Å². The van der Waals surface area contributed by atoms with E-state index >= 15 is 0 Å². The van der Waals surface area contributed by atoms with E-state index in [4.69, 9.17) is 15.2 Å². The number of nitrogens with two attached hydrogens (primary N) is 1. The lowest BCUT2D eigenvalue weighted by Gasteiger charge is -2.08. The lowest BCUT2D eigenvalue weighted by molar-refractivity contribution is 0.0722. The zero-order valence-corrected chi connectivity index (χ0v) is 11.7. The van der Waals surface area contributed by atoms with Crippen molar-refractivity contribution in [2.24, 2.45) is 0 Å². The molecule has 0 unspecified atom stereocenters. The molecule has 20 heavy (non-hydrogen) atoms. The normalized spacial score (nSPS) is 10.6. The number of carbonyl (C=O) groups excluding carboxylic acids is 1. The van der Waals surface area contributed by atoms with E-state index in [-0.39, 0.29) is 11.7 Å². The third-order valence-electron chi connectivity index (χ3n) is 2.73. The first kappa shape index (κ1) is 13.9. The number of benzene rings is 1. The number of esters is 1. The Balaban J connectivity index is 2.22. The molecule has 0 aliphatic rings. The van der Waals surface area contributed by atoms with Crippen molar-refractivity contribution in [3.63, 3.8) is 0 Å². The SMILES string of the molecule is COc1ccccc1OC(=O)c1cc(N)n(C(C)C)n1. The Hall–Kier alpha value is -2.50. The van der Waals surface area contributed by atoms with Crippen molar-refractivity contribution in [2.45, 2.75) is 19.9 Å². The number of rotatable bonds is 4. The second-order valence-electron chi connectivity index (χ2n) is 4.53. The quantitative estimate of drug-likeness (QED) is 0.684. The topological polar surface area (TPSA) is 79.4 Å². The van der Waals surface area contributed by atoms with E-state index in [0.717, 1.165) is 0 Å². The molecule has 2 N–H and O–H groups in total. The largest absolute Gasteiger partial charge is 0.493 e. The highest BCUT2D eigenvalue weighted by Crippen LogP contribution is 2.26. The van der Waals surface area contributed by atoms with Gasteiger partial charge in [0.1, 0.15) is 5.82 Å². The Morgan fingerprint density at radius 2 is 1.95 bits per heavy atom. The molecule has 0 amide bonds. The van der Waals surface area contributed by atoms with E-state index in [2.05, 4.69) is 5.10 Å². The highest BCUT2D eigenvalue weighted by Gasteiger charge is 2.17. The van der Waals surface area contributed by atoms with Gasteiger partial charge < -0.3 is 15.2 Å². The number of para-hydroxylation sites is 2. The molecule has 0 radical (unpaired) electrons. The summed E-state index contributed by atoms with van der Waals surface area (Å²) in [5.41, 5.74) is 5.97. The number of hydrogen-bond acceptors (Lipinski definition) is 5. The highest BCUT2D eigenvalue weighted by atomic mass is 16.6. The molecule has 1 heterocycles. The lowest BCUT2D eigenvalue weighted by Crippen LogP contribution is -2.12. The van der Waals surface area contributed by atoms with Crippen LogP contribution in [0.15, 0.2) is 30.3 Å². The van der Waals surface area contributed by atoms with Crippen LogP contribution in [-0.4, -0.2) is 22.9 Å². The number of ether oxygens (including phenoxy) is 2. The third kappa shape index (κ3) is 2.74. The average Bonchev–Trinajstić information content (AvgIpc) is 2.81.